The Hall–Kier alpha value is -5.94. The Morgan fingerprint density at radius 3 is 2.57 bits per heavy atom. The molecule has 1 aromatic carbocycles. The van der Waals surface area contributed by atoms with Crippen LogP contribution in [0.5, 0.6) is 5.75 Å². The molecule has 0 radical (unpaired) electrons. The minimum Gasteiger partial charge on any atom is -0.546 e. The van der Waals surface area contributed by atoms with Gasteiger partial charge in [0.25, 0.3) is 11.8 Å². The Morgan fingerprint density at radius 1 is 1.21 bits per heavy atom. The van der Waals surface area contributed by atoms with Crippen molar-refractivity contribution < 1.29 is 48.4 Å². The Kier molecular flexibility index (Phi) is 11.4. The number of thioether (sulfide) groups is 1. The number of phenolic OH excluding ortho intramolecular Hbond substituents is 1. The lowest BCUT2D eigenvalue weighted by Crippen LogP contribution is -2.71. The summed E-state index contributed by atoms with van der Waals surface area (Å²) < 4.78 is 12.8. The van der Waals surface area contributed by atoms with Crippen LogP contribution >= 0.6 is 23.3 Å². The SMILES string of the molecule is Cn1c(N)c(NC(=O)NCCN)c[n+]1CC1=C(C(=O)OCc2ccc(O)cc2)N2C(=O)[C@@H](NC(=O)/C(=N/OC(C)(C)C(=O)[O-])c3nsc(N)n3)[C@H]2SC1. The molecule has 0 spiro atoms. The average Bonchev–Trinajstić information content (AvgIpc) is 3.66. The lowest BCUT2D eigenvalue weighted by atomic mass is 10.0. The number of carbonyl (C=O) groups is 5. The van der Waals surface area contributed by atoms with Crippen molar-refractivity contribution in [2.45, 2.75) is 44.0 Å². The molecule has 21 nitrogen and oxygen atoms in total. The highest BCUT2D eigenvalue weighted by atomic mass is 32.2. The fourth-order valence-corrected chi connectivity index (χ4v) is 6.70. The van der Waals surface area contributed by atoms with E-state index >= 15 is 0 Å². The van der Waals surface area contributed by atoms with Gasteiger partial charge in [-0.05, 0) is 31.5 Å². The molecule has 3 aromatic rings. The molecule has 2 aliphatic heterocycles. The quantitative estimate of drug-likeness (QED) is 0.0292. The number of β-lactam (4-membered cyclic amide) rings is 1. The van der Waals surface area contributed by atoms with E-state index < -0.39 is 52.5 Å². The molecule has 0 saturated carbocycles. The minimum absolute atomic E-state index is 0.0165. The number of amides is 4. The lowest BCUT2D eigenvalue weighted by Gasteiger charge is -2.49. The summed E-state index contributed by atoms with van der Waals surface area (Å²) in [6.45, 7) is 2.64. The van der Waals surface area contributed by atoms with Gasteiger partial charge in [-0.1, -0.05) is 17.3 Å². The van der Waals surface area contributed by atoms with Crippen molar-refractivity contribution in [1.29, 1.82) is 0 Å². The number of carbonyl (C=O) groups excluding carboxylic acids is 5. The van der Waals surface area contributed by atoms with Crippen molar-refractivity contribution in [3.63, 3.8) is 0 Å². The number of urea groups is 1. The molecule has 53 heavy (non-hydrogen) atoms. The van der Waals surface area contributed by atoms with E-state index in [1.54, 1.807) is 34.7 Å². The number of carboxylic acids is 1. The zero-order valence-electron chi connectivity index (χ0n) is 28.5. The predicted molar refractivity (Wildman–Crippen MR) is 187 cm³/mol. The first-order valence-electron chi connectivity index (χ1n) is 15.7. The first-order valence-corrected chi connectivity index (χ1v) is 17.5. The summed E-state index contributed by atoms with van der Waals surface area (Å²) in [5.41, 5.74) is 16.1. The highest BCUT2D eigenvalue weighted by molar-refractivity contribution is 8.00. The Bertz CT molecular complexity index is 1990. The van der Waals surface area contributed by atoms with Crippen LogP contribution in [0.15, 0.2) is 46.9 Å². The Morgan fingerprint density at radius 2 is 1.92 bits per heavy atom. The van der Waals surface area contributed by atoms with E-state index in [1.807, 2.05) is 0 Å². The number of nitrogen functional groups attached to an aromatic ring is 2. The van der Waals surface area contributed by atoms with Crippen LogP contribution < -0.4 is 42.9 Å². The summed E-state index contributed by atoms with van der Waals surface area (Å²) in [5, 5.41) is 31.8. The molecule has 23 heteroatoms. The second-order valence-electron chi connectivity index (χ2n) is 12.1. The topological polar surface area (TPSA) is 311 Å². The van der Waals surface area contributed by atoms with E-state index in [1.165, 1.54) is 28.8 Å². The molecule has 282 valence electrons. The number of ether oxygens (including phenoxy) is 1. The van der Waals surface area contributed by atoms with Gasteiger partial charge in [-0.3, -0.25) is 19.8 Å². The summed E-state index contributed by atoms with van der Waals surface area (Å²) in [6, 6.07) is 4.31. The first-order chi connectivity index (χ1) is 25.1. The number of aromatic hydroxyl groups is 1. The maximum absolute atomic E-state index is 13.8. The number of nitrogens with zero attached hydrogens (tertiary/aromatic N) is 6. The van der Waals surface area contributed by atoms with Gasteiger partial charge in [0.1, 0.15) is 29.5 Å². The van der Waals surface area contributed by atoms with Crippen LogP contribution in [0.4, 0.5) is 21.4 Å². The van der Waals surface area contributed by atoms with Gasteiger partial charge in [-0.25, -0.2) is 9.59 Å². The molecule has 1 saturated heterocycles. The second-order valence-corrected chi connectivity index (χ2v) is 13.9. The molecule has 0 aliphatic carbocycles. The van der Waals surface area contributed by atoms with Crippen molar-refractivity contribution >= 4 is 75.4 Å². The van der Waals surface area contributed by atoms with E-state index in [9.17, 15) is 34.2 Å². The molecule has 4 heterocycles. The summed E-state index contributed by atoms with van der Waals surface area (Å²) >= 11 is 1.99. The molecule has 4 amide bonds. The van der Waals surface area contributed by atoms with Gasteiger partial charge in [0, 0.05) is 35.9 Å². The molecule has 0 unspecified atom stereocenters. The summed E-state index contributed by atoms with van der Waals surface area (Å²) in [5.74, 6) is -3.94. The average molecular weight is 773 g/mol. The molecule has 10 N–H and O–H groups in total. The van der Waals surface area contributed by atoms with E-state index in [0.29, 0.717) is 11.1 Å². The van der Waals surface area contributed by atoms with Crippen LogP contribution in [-0.4, -0.2) is 95.4 Å². The van der Waals surface area contributed by atoms with Gasteiger partial charge < -0.3 is 52.4 Å². The van der Waals surface area contributed by atoms with E-state index in [-0.39, 0.29) is 65.9 Å². The summed E-state index contributed by atoms with van der Waals surface area (Å²) in [4.78, 5) is 75.0. The standard InChI is InChI=1S/C30H36N12O9S2/c1-30(2,27(47)48)51-38-18(22-37-28(33)53-39-22)23(44)36-19-24(45)42-20(26(46)50-12-14-4-6-16(43)7-5-14)15(13-52-25(19)42)10-41-11-17(21(32)40(41)3)35-29(49)34-9-8-31/h4-7,11,19,25,32H,8-10,12-13,31H2,1-3H3,(H7,33,34,35,36,37,39,43,44,47,48,49)/b38-18+/t19-,25-/m1/s1. The van der Waals surface area contributed by atoms with Gasteiger partial charge in [-0.2, -0.15) is 9.36 Å². The third-order valence-corrected chi connectivity index (χ3v) is 9.76. The largest absolute Gasteiger partial charge is 0.546 e. The number of nitrogens with two attached hydrogens (primary N) is 3. The number of esters is 1. The van der Waals surface area contributed by atoms with E-state index in [4.69, 9.17) is 26.8 Å². The monoisotopic (exact) mass is 772 g/mol. The Balaban J connectivity index is 1.41. The number of anilines is 3. The van der Waals surface area contributed by atoms with Crippen molar-refractivity contribution in [2.24, 2.45) is 17.9 Å². The van der Waals surface area contributed by atoms with Crippen molar-refractivity contribution in [3.05, 3.63) is 53.1 Å². The summed E-state index contributed by atoms with van der Waals surface area (Å²) in [6.07, 6.45) is 1.56. The van der Waals surface area contributed by atoms with E-state index in [0.717, 1.165) is 25.4 Å². The zero-order valence-corrected chi connectivity index (χ0v) is 30.2. The van der Waals surface area contributed by atoms with Crippen LogP contribution in [0, 0.1) is 0 Å². The van der Waals surface area contributed by atoms with Gasteiger partial charge in [0.15, 0.2) is 28.8 Å². The molecule has 5 rings (SSSR count). The van der Waals surface area contributed by atoms with Gasteiger partial charge >= 0.3 is 12.0 Å². The highest BCUT2D eigenvalue weighted by Crippen LogP contribution is 2.41. The molecular formula is C30H36N12O9S2. The second kappa shape index (κ2) is 15.7. The van der Waals surface area contributed by atoms with Crippen molar-refractivity contribution in [2.75, 3.05) is 35.6 Å². The smallest absolute Gasteiger partial charge is 0.355 e. The van der Waals surface area contributed by atoms with Gasteiger partial charge in [-0.15, -0.1) is 21.1 Å². The number of aliphatic carboxylic acids is 1. The number of nitrogens with one attached hydrogen (secondary N) is 3. The molecule has 2 atom stereocenters. The van der Waals surface area contributed by atoms with Crippen LogP contribution in [0.25, 0.3) is 0 Å². The number of fused-ring (bicyclic) bond motifs is 1. The maximum atomic E-state index is 13.8. The summed E-state index contributed by atoms with van der Waals surface area (Å²) in [7, 11) is 1.64. The number of rotatable bonds is 14. The van der Waals surface area contributed by atoms with Crippen LogP contribution in [0.2, 0.25) is 0 Å². The number of phenols is 1. The molecular weight excluding hydrogens is 737 g/mol. The highest BCUT2D eigenvalue weighted by Gasteiger charge is 2.55. The first kappa shape index (κ1) is 38.3. The third-order valence-electron chi connectivity index (χ3n) is 7.88. The third kappa shape index (κ3) is 8.42. The number of oxime groups is 1. The number of carboxylic acid groups (broad SMARTS) is 1. The Labute approximate surface area is 309 Å². The minimum atomic E-state index is -1.94. The molecule has 2 aliphatic rings. The van der Waals surface area contributed by atoms with E-state index in [2.05, 4.69) is 30.5 Å². The molecule has 2 aromatic heterocycles. The number of aromatic nitrogens is 4. The predicted octanol–water partition coefficient (Wildman–Crippen LogP) is -2.54. The molecule has 1 fully saturated rings. The van der Waals surface area contributed by atoms with Crippen LogP contribution in [-0.2, 0) is 49.0 Å². The number of benzene rings is 1. The maximum Gasteiger partial charge on any atom is 0.355 e. The fraction of sp³-hybridized carbons (Fsp3) is 0.367. The fourth-order valence-electron chi connectivity index (χ4n) is 4.93. The lowest BCUT2D eigenvalue weighted by molar-refractivity contribution is -0.765. The number of hydrogen-bond donors (Lipinski definition) is 7. The van der Waals surface area contributed by atoms with Crippen LogP contribution in [0.1, 0.15) is 25.2 Å². The van der Waals surface area contributed by atoms with Crippen LogP contribution in [0.3, 0.4) is 0 Å². The zero-order chi connectivity index (χ0) is 38.6. The molecule has 0 bridgehead atoms. The van der Waals surface area contributed by atoms with Crippen molar-refractivity contribution in [1.82, 2.24) is 29.6 Å². The van der Waals surface area contributed by atoms with Gasteiger partial charge in [0.2, 0.25) is 17.7 Å². The van der Waals surface area contributed by atoms with Gasteiger partial charge in [0.05, 0.1) is 13.0 Å². The normalized spacial score (nSPS) is 17.1. The van der Waals surface area contributed by atoms with Crippen molar-refractivity contribution in [3.8, 4) is 5.75 Å². The number of hydrogen-bond acceptors (Lipinski definition) is 17.